The largest absolute Gasteiger partial charge is 0.416 e. The Morgan fingerprint density at radius 2 is 1.67 bits per heavy atom. The molecule has 36 heavy (non-hydrogen) atoms. The lowest BCUT2D eigenvalue weighted by Gasteiger charge is -2.42. The van der Waals surface area contributed by atoms with E-state index >= 15 is 0 Å². The maximum absolute atomic E-state index is 13.2. The van der Waals surface area contributed by atoms with Gasteiger partial charge in [-0.2, -0.15) is 18.3 Å². The van der Waals surface area contributed by atoms with Crippen LogP contribution >= 0.6 is 0 Å². The van der Waals surface area contributed by atoms with Crippen molar-refractivity contribution >= 4 is 22.2 Å². The number of fused-ring (bicyclic) bond motifs is 2. The molecule has 10 heteroatoms. The summed E-state index contributed by atoms with van der Waals surface area (Å²) in [4.78, 5) is 16.3. The van der Waals surface area contributed by atoms with Crippen LogP contribution in [0.3, 0.4) is 0 Å². The van der Waals surface area contributed by atoms with Crippen LogP contribution in [0.1, 0.15) is 18.4 Å². The number of rotatable bonds is 3. The van der Waals surface area contributed by atoms with Gasteiger partial charge >= 0.3 is 6.18 Å². The van der Waals surface area contributed by atoms with E-state index in [1.54, 1.807) is 16.8 Å². The van der Waals surface area contributed by atoms with Gasteiger partial charge < -0.3 is 9.80 Å². The molecule has 4 aromatic rings. The van der Waals surface area contributed by atoms with E-state index in [2.05, 4.69) is 31.8 Å². The summed E-state index contributed by atoms with van der Waals surface area (Å²) in [5, 5.41) is 5.16. The number of aromatic nitrogens is 4. The van der Waals surface area contributed by atoms with Crippen LogP contribution in [0, 0.1) is 0 Å². The molecule has 5 heterocycles. The van der Waals surface area contributed by atoms with Gasteiger partial charge in [-0.05, 0) is 43.7 Å². The van der Waals surface area contributed by atoms with Crippen molar-refractivity contribution in [3.05, 3.63) is 54.6 Å². The lowest BCUT2D eigenvalue weighted by atomic mass is 10.0. The zero-order valence-electron chi connectivity index (χ0n) is 20.1. The number of halogens is 3. The topological polar surface area (TPSA) is 52.8 Å². The zero-order chi connectivity index (χ0) is 24.9. The first-order chi connectivity index (χ1) is 17.4. The van der Waals surface area contributed by atoms with Gasteiger partial charge in [0.25, 0.3) is 0 Å². The molecular weight excluding hydrogens is 467 g/mol. The molecule has 0 bridgehead atoms. The number of piperazine rings is 1. The Morgan fingerprint density at radius 3 is 2.42 bits per heavy atom. The molecule has 2 fully saturated rings. The molecule has 0 aliphatic carbocycles. The van der Waals surface area contributed by atoms with Gasteiger partial charge in [0, 0.05) is 62.5 Å². The molecule has 0 saturated carbocycles. The van der Waals surface area contributed by atoms with Crippen LogP contribution in [0.2, 0.25) is 0 Å². The summed E-state index contributed by atoms with van der Waals surface area (Å²) in [6.07, 6.45) is 4.98. The van der Waals surface area contributed by atoms with Crippen LogP contribution in [-0.2, 0) is 6.18 Å². The van der Waals surface area contributed by atoms with Crippen molar-refractivity contribution in [2.45, 2.75) is 25.1 Å². The van der Waals surface area contributed by atoms with Crippen molar-refractivity contribution in [2.24, 2.45) is 0 Å². The van der Waals surface area contributed by atoms with Crippen LogP contribution < -0.4 is 4.90 Å². The highest BCUT2D eigenvalue weighted by atomic mass is 19.4. The highest BCUT2D eigenvalue weighted by Gasteiger charge is 2.31. The molecule has 2 aliphatic heterocycles. The molecule has 7 nitrogen and oxygen atoms in total. The second kappa shape index (κ2) is 9.01. The average Bonchev–Trinajstić information content (AvgIpc) is 3.31. The van der Waals surface area contributed by atoms with E-state index in [-0.39, 0.29) is 0 Å². The second-order valence-corrected chi connectivity index (χ2v) is 9.78. The molecule has 6 rings (SSSR count). The third kappa shape index (κ3) is 4.28. The van der Waals surface area contributed by atoms with Crippen molar-refractivity contribution in [1.82, 2.24) is 29.4 Å². The minimum atomic E-state index is -4.41. The van der Waals surface area contributed by atoms with Gasteiger partial charge in [0.05, 0.1) is 35.4 Å². The molecule has 1 aromatic carbocycles. The van der Waals surface area contributed by atoms with E-state index in [1.165, 1.54) is 12.3 Å². The van der Waals surface area contributed by atoms with Crippen molar-refractivity contribution in [3.63, 3.8) is 0 Å². The first-order valence-corrected chi connectivity index (χ1v) is 12.3. The predicted molar refractivity (Wildman–Crippen MR) is 133 cm³/mol. The molecule has 0 amide bonds. The smallest absolute Gasteiger partial charge is 0.369 e. The fourth-order valence-corrected chi connectivity index (χ4v) is 5.45. The molecule has 3 aromatic heterocycles. The normalized spacial score (nSPS) is 18.9. The number of likely N-dealkylation sites (N-methyl/N-ethyl adjacent to an activating group) is 1. The van der Waals surface area contributed by atoms with Gasteiger partial charge in [-0.25, -0.2) is 9.50 Å². The number of benzene rings is 1. The molecule has 0 atom stereocenters. The van der Waals surface area contributed by atoms with Crippen molar-refractivity contribution < 1.29 is 13.2 Å². The van der Waals surface area contributed by atoms with Crippen molar-refractivity contribution in [1.29, 1.82) is 0 Å². The molecule has 2 aliphatic rings. The third-order valence-electron chi connectivity index (χ3n) is 7.59. The Hall–Kier alpha value is -3.24. The molecule has 0 N–H and O–H groups in total. The molecular formula is C26H28F3N7. The highest BCUT2D eigenvalue weighted by Crippen LogP contribution is 2.35. The molecule has 188 valence electrons. The second-order valence-electron chi connectivity index (χ2n) is 9.78. The van der Waals surface area contributed by atoms with E-state index in [0.717, 1.165) is 81.1 Å². The summed E-state index contributed by atoms with van der Waals surface area (Å²) in [6, 6.07) is 6.09. The van der Waals surface area contributed by atoms with Crippen molar-refractivity contribution in [3.8, 4) is 11.1 Å². The lowest BCUT2D eigenvalue weighted by Crippen LogP contribution is -2.52. The number of pyridine rings is 1. The van der Waals surface area contributed by atoms with Gasteiger partial charge in [0.15, 0.2) is 5.65 Å². The van der Waals surface area contributed by atoms with Gasteiger partial charge in [-0.1, -0.05) is 6.07 Å². The summed E-state index contributed by atoms with van der Waals surface area (Å²) in [5.41, 5.74) is 2.81. The Labute approximate surface area is 207 Å². The number of hydrogen-bond acceptors (Lipinski definition) is 6. The SMILES string of the molecule is CN1CCN(C2CCN(c3cnc4c(-c5ccnc6cc(C(F)(F)F)ccc56)cnn4c3)CC2)CC1. The molecule has 0 radical (unpaired) electrons. The van der Waals surface area contributed by atoms with E-state index in [0.29, 0.717) is 22.6 Å². The fourth-order valence-electron chi connectivity index (χ4n) is 5.45. The first kappa shape index (κ1) is 23.2. The maximum Gasteiger partial charge on any atom is 0.416 e. The Balaban J connectivity index is 1.23. The van der Waals surface area contributed by atoms with Crippen LogP contribution in [0.25, 0.3) is 27.7 Å². The predicted octanol–water partition coefficient (Wildman–Crippen LogP) is 4.18. The Bertz CT molecular complexity index is 1380. The molecule has 2 saturated heterocycles. The Kier molecular flexibility index (Phi) is 5.80. The highest BCUT2D eigenvalue weighted by molar-refractivity contribution is 5.97. The van der Waals surface area contributed by atoms with Gasteiger partial charge in [0.2, 0.25) is 0 Å². The van der Waals surface area contributed by atoms with E-state index < -0.39 is 11.7 Å². The average molecular weight is 496 g/mol. The fraction of sp³-hybridized carbons (Fsp3) is 0.423. The first-order valence-electron chi connectivity index (χ1n) is 12.3. The van der Waals surface area contributed by atoms with E-state index in [4.69, 9.17) is 4.98 Å². The van der Waals surface area contributed by atoms with Crippen LogP contribution in [0.15, 0.2) is 49.1 Å². The van der Waals surface area contributed by atoms with Gasteiger partial charge in [0.1, 0.15) is 0 Å². The minimum Gasteiger partial charge on any atom is -0.369 e. The number of alkyl halides is 3. The summed E-state index contributed by atoms with van der Waals surface area (Å²) in [7, 11) is 2.19. The number of piperidine rings is 1. The number of anilines is 1. The summed E-state index contributed by atoms with van der Waals surface area (Å²) < 4.78 is 41.2. The van der Waals surface area contributed by atoms with Crippen LogP contribution in [0.4, 0.5) is 18.9 Å². The zero-order valence-corrected chi connectivity index (χ0v) is 20.1. The minimum absolute atomic E-state index is 0.293. The lowest BCUT2D eigenvalue weighted by molar-refractivity contribution is -0.137. The van der Waals surface area contributed by atoms with Crippen molar-refractivity contribution in [2.75, 3.05) is 51.2 Å². The molecule has 0 spiro atoms. The Morgan fingerprint density at radius 1 is 0.889 bits per heavy atom. The number of nitrogens with zero attached hydrogens (tertiary/aromatic N) is 7. The van der Waals surface area contributed by atoms with Crippen LogP contribution in [0.5, 0.6) is 0 Å². The van der Waals surface area contributed by atoms with Crippen LogP contribution in [-0.4, -0.2) is 81.7 Å². The maximum atomic E-state index is 13.2. The summed E-state index contributed by atoms with van der Waals surface area (Å²) >= 11 is 0. The van der Waals surface area contributed by atoms with Gasteiger partial charge in [-0.15, -0.1) is 0 Å². The molecule has 0 unspecified atom stereocenters. The van der Waals surface area contributed by atoms with E-state index in [9.17, 15) is 13.2 Å². The monoisotopic (exact) mass is 495 g/mol. The van der Waals surface area contributed by atoms with Gasteiger partial charge in [-0.3, -0.25) is 9.88 Å². The quantitative estimate of drug-likeness (QED) is 0.425. The summed E-state index contributed by atoms with van der Waals surface area (Å²) in [6.45, 7) is 6.53. The number of hydrogen-bond donors (Lipinski definition) is 0. The third-order valence-corrected chi connectivity index (χ3v) is 7.59. The van der Waals surface area contributed by atoms with E-state index in [1.807, 2.05) is 12.4 Å². The standard InChI is InChI=1S/C26H28F3N7/c1-33-10-12-35(13-11-33)19-5-8-34(9-6-19)20-15-31-25-23(16-32-36(25)17-20)21-4-7-30-24-14-18(26(27,28)29)2-3-22(21)24/h2-4,7,14-17,19H,5-6,8-13H2,1H3. The summed E-state index contributed by atoms with van der Waals surface area (Å²) in [5.74, 6) is 0.